The maximum absolute atomic E-state index is 5.06. The molecule has 0 radical (unpaired) electrons. The van der Waals surface area contributed by atoms with Crippen LogP contribution in [0.1, 0.15) is 35.4 Å². The molecule has 1 saturated carbocycles. The summed E-state index contributed by atoms with van der Waals surface area (Å²) < 4.78 is 5.06. The number of aryl methyl sites for hydroxylation is 1. The van der Waals surface area contributed by atoms with Crippen molar-refractivity contribution in [2.75, 3.05) is 0 Å². The standard InChI is InChI=1S/C16H19NO/c1-12-4-2-3-5-16(12)14-8-15(9-14)17-10-13-6-7-18-11-13/h2-7,11,14-15,17H,8-10H2,1H3. The van der Waals surface area contributed by atoms with Gasteiger partial charge in [0.15, 0.2) is 0 Å². The van der Waals surface area contributed by atoms with Gasteiger partial charge in [-0.25, -0.2) is 0 Å². The average Bonchev–Trinajstić information content (AvgIpc) is 2.82. The van der Waals surface area contributed by atoms with Gasteiger partial charge in [0.1, 0.15) is 0 Å². The minimum atomic E-state index is 0.657. The first kappa shape index (κ1) is 11.5. The van der Waals surface area contributed by atoms with Crippen molar-refractivity contribution in [3.05, 3.63) is 59.5 Å². The number of rotatable bonds is 4. The molecule has 1 aromatic carbocycles. The van der Waals surface area contributed by atoms with Crippen molar-refractivity contribution in [3.8, 4) is 0 Å². The second kappa shape index (κ2) is 4.99. The Hall–Kier alpha value is -1.54. The molecular weight excluding hydrogens is 222 g/mol. The predicted molar refractivity (Wildman–Crippen MR) is 72.5 cm³/mol. The van der Waals surface area contributed by atoms with Gasteiger partial charge in [0.25, 0.3) is 0 Å². The molecule has 0 saturated heterocycles. The molecule has 1 heterocycles. The van der Waals surface area contributed by atoms with Gasteiger partial charge in [-0.3, -0.25) is 0 Å². The number of furan rings is 1. The molecule has 0 amide bonds. The van der Waals surface area contributed by atoms with Crippen LogP contribution in [0.15, 0.2) is 47.3 Å². The zero-order chi connectivity index (χ0) is 12.4. The minimum Gasteiger partial charge on any atom is -0.472 e. The molecule has 1 N–H and O–H groups in total. The van der Waals surface area contributed by atoms with Crippen LogP contribution < -0.4 is 5.32 Å². The summed E-state index contributed by atoms with van der Waals surface area (Å²) in [4.78, 5) is 0. The predicted octanol–water partition coefficient (Wildman–Crippen LogP) is 3.62. The Bertz CT molecular complexity index is 498. The summed E-state index contributed by atoms with van der Waals surface area (Å²) in [7, 11) is 0. The molecule has 18 heavy (non-hydrogen) atoms. The highest BCUT2D eigenvalue weighted by atomic mass is 16.3. The number of nitrogens with one attached hydrogen (secondary N) is 1. The molecule has 1 aliphatic rings. The first-order valence-electron chi connectivity index (χ1n) is 6.63. The lowest BCUT2D eigenvalue weighted by Gasteiger charge is -2.37. The molecule has 0 bridgehead atoms. The third kappa shape index (κ3) is 2.34. The molecule has 1 aliphatic carbocycles. The van der Waals surface area contributed by atoms with Gasteiger partial charge in [-0.1, -0.05) is 24.3 Å². The molecule has 2 heteroatoms. The van der Waals surface area contributed by atoms with Crippen LogP contribution in [0.2, 0.25) is 0 Å². The van der Waals surface area contributed by atoms with Crippen LogP contribution in [0.3, 0.4) is 0 Å². The van der Waals surface area contributed by atoms with E-state index < -0.39 is 0 Å². The van der Waals surface area contributed by atoms with E-state index in [0.717, 1.165) is 12.5 Å². The first-order valence-corrected chi connectivity index (χ1v) is 6.63. The lowest BCUT2D eigenvalue weighted by Crippen LogP contribution is -2.39. The maximum Gasteiger partial charge on any atom is 0.0947 e. The minimum absolute atomic E-state index is 0.657. The van der Waals surface area contributed by atoms with E-state index in [9.17, 15) is 0 Å². The van der Waals surface area contributed by atoms with E-state index in [1.165, 1.54) is 29.5 Å². The SMILES string of the molecule is Cc1ccccc1C1CC(NCc2ccoc2)C1. The van der Waals surface area contributed by atoms with Crippen molar-refractivity contribution in [1.82, 2.24) is 5.32 Å². The van der Waals surface area contributed by atoms with Crippen molar-refractivity contribution in [2.45, 2.75) is 38.3 Å². The molecular formula is C16H19NO. The monoisotopic (exact) mass is 241 g/mol. The lowest BCUT2D eigenvalue weighted by molar-refractivity contribution is 0.288. The fourth-order valence-corrected chi connectivity index (χ4v) is 2.74. The Labute approximate surface area is 108 Å². The summed E-state index contributed by atoms with van der Waals surface area (Å²) >= 11 is 0. The van der Waals surface area contributed by atoms with Crippen LogP contribution in [0.5, 0.6) is 0 Å². The second-order valence-electron chi connectivity index (χ2n) is 5.23. The largest absolute Gasteiger partial charge is 0.472 e. The molecule has 3 rings (SSSR count). The summed E-state index contributed by atoms with van der Waals surface area (Å²) in [6.07, 6.45) is 6.05. The van der Waals surface area contributed by atoms with Gasteiger partial charge >= 0.3 is 0 Å². The number of benzene rings is 1. The van der Waals surface area contributed by atoms with E-state index in [-0.39, 0.29) is 0 Å². The summed E-state index contributed by atoms with van der Waals surface area (Å²) in [5.74, 6) is 0.744. The van der Waals surface area contributed by atoms with Crippen LogP contribution in [0, 0.1) is 6.92 Å². The molecule has 2 aromatic rings. The van der Waals surface area contributed by atoms with Crippen LogP contribution >= 0.6 is 0 Å². The van der Waals surface area contributed by atoms with Gasteiger partial charge in [-0.2, -0.15) is 0 Å². The van der Waals surface area contributed by atoms with Crippen LogP contribution in [-0.4, -0.2) is 6.04 Å². The number of hydrogen-bond donors (Lipinski definition) is 1. The lowest BCUT2D eigenvalue weighted by atomic mass is 9.74. The Morgan fingerprint density at radius 1 is 1.22 bits per heavy atom. The van der Waals surface area contributed by atoms with E-state index in [1.54, 1.807) is 6.26 Å². The van der Waals surface area contributed by atoms with E-state index in [2.05, 4.69) is 36.5 Å². The quantitative estimate of drug-likeness (QED) is 0.884. The zero-order valence-corrected chi connectivity index (χ0v) is 10.7. The van der Waals surface area contributed by atoms with E-state index in [0.29, 0.717) is 6.04 Å². The van der Waals surface area contributed by atoms with Gasteiger partial charge in [0.05, 0.1) is 12.5 Å². The highest BCUT2D eigenvalue weighted by Gasteiger charge is 2.30. The van der Waals surface area contributed by atoms with Crippen molar-refractivity contribution in [2.24, 2.45) is 0 Å². The third-order valence-corrected chi connectivity index (χ3v) is 3.94. The van der Waals surface area contributed by atoms with Crippen molar-refractivity contribution in [1.29, 1.82) is 0 Å². The Balaban J connectivity index is 1.50. The Morgan fingerprint density at radius 3 is 2.78 bits per heavy atom. The summed E-state index contributed by atoms with van der Waals surface area (Å²) in [6.45, 7) is 3.13. The van der Waals surface area contributed by atoms with Gasteiger partial charge in [0, 0.05) is 18.2 Å². The topological polar surface area (TPSA) is 25.2 Å². The van der Waals surface area contributed by atoms with Crippen molar-refractivity contribution >= 4 is 0 Å². The van der Waals surface area contributed by atoms with Gasteiger partial charge in [-0.15, -0.1) is 0 Å². The number of hydrogen-bond acceptors (Lipinski definition) is 2. The van der Waals surface area contributed by atoms with Crippen LogP contribution in [-0.2, 0) is 6.54 Å². The second-order valence-corrected chi connectivity index (χ2v) is 5.23. The molecule has 94 valence electrons. The normalized spacial score (nSPS) is 22.7. The molecule has 0 atom stereocenters. The van der Waals surface area contributed by atoms with Crippen molar-refractivity contribution < 1.29 is 4.42 Å². The van der Waals surface area contributed by atoms with Crippen LogP contribution in [0.4, 0.5) is 0 Å². The zero-order valence-electron chi connectivity index (χ0n) is 10.7. The molecule has 2 nitrogen and oxygen atoms in total. The van der Waals surface area contributed by atoms with E-state index >= 15 is 0 Å². The Kier molecular flexibility index (Phi) is 3.20. The highest BCUT2D eigenvalue weighted by Crippen LogP contribution is 2.38. The fourth-order valence-electron chi connectivity index (χ4n) is 2.74. The molecule has 1 aromatic heterocycles. The average molecular weight is 241 g/mol. The summed E-state index contributed by atoms with van der Waals surface area (Å²) in [5, 5.41) is 3.58. The Morgan fingerprint density at radius 2 is 2.06 bits per heavy atom. The van der Waals surface area contributed by atoms with Gasteiger partial charge in [-0.05, 0) is 42.9 Å². The smallest absolute Gasteiger partial charge is 0.0947 e. The summed E-state index contributed by atoms with van der Waals surface area (Å²) in [6, 6.07) is 11.4. The van der Waals surface area contributed by atoms with Gasteiger partial charge in [0.2, 0.25) is 0 Å². The molecule has 0 aliphatic heterocycles. The van der Waals surface area contributed by atoms with Gasteiger partial charge < -0.3 is 9.73 Å². The van der Waals surface area contributed by atoms with Crippen LogP contribution in [0.25, 0.3) is 0 Å². The molecule has 0 unspecified atom stereocenters. The van der Waals surface area contributed by atoms with E-state index in [4.69, 9.17) is 4.42 Å². The van der Waals surface area contributed by atoms with E-state index in [1.807, 2.05) is 12.3 Å². The first-order chi connectivity index (χ1) is 8.83. The highest BCUT2D eigenvalue weighted by molar-refractivity contribution is 5.31. The van der Waals surface area contributed by atoms with Crippen molar-refractivity contribution in [3.63, 3.8) is 0 Å². The third-order valence-electron chi connectivity index (χ3n) is 3.94. The molecule has 1 fully saturated rings. The maximum atomic E-state index is 5.06. The molecule has 0 spiro atoms. The summed E-state index contributed by atoms with van der Waals surface area (Å²) in [5.41, 5.74) is 4.18. The fraction of sp³-hybridized carbons (Fsp3) is 0.375.